The molecule has 0 radical (unpaired) electrons. The van der Waals surface area contributed by atoms with E-state index in [2.05, 4.69) is 37.2 Å². The van der Waals surface area contributed by atoms with E-state index < -0.39 is 0 Å². The van der Waals surface area contributed by atoms with Crippen LogP contribution in [0.2, 0.25) is 0 Å². The molecule has 0 spiro atoms. The number of aromatic nitrogens is 5. The fourth-order valence-corrected chi connectivity index (χ4v) is 2.38. The fraction of sp³-hybridized carbons (Fsp3) is 0.118. The van der Waals surface area contributed by atoms with Crippen LogP contribution in [0.15, 0.2) is 58.1 Å². The number of benzene rings is 1. The molecule has 0 saturated carbocycles. The van der Waals surface area contributed by atoms with Gasteiger partial charge in [-0.2, -0.15) is 19.5 Å². The highest BCUT2D eigenvalue weighted by Gasteiger charge is 2.13. The normalized spacial score (nSPS) is 11.5. The molecule has 0 atom stereocenters. The van der Waals surface area contributed by atoms with Crippen LogP contribution in [0.4, 0.5) is 11.9 Å². The summed E-state index contributed by atoms with van der Waals surface area (Å²) in [4.78, 5) is 17.0. The van der Waals surface area contributed by atoms with Crippen LogP contribution < -0.4 is 5.73 Å². The van der Waals surface area contributed by atoms with E-state index in [-0.39, 0.29) is 11.9 Å². The van der Waals surface area contributed by atoms with Gasteiger partial charge >= 0.3 is 0 Å². The van der Waals surface area contributed by atoms with Crippen molar-refractivity contribution in [3.05, 3.63) is 54.3 Å². The third-order valence-electron chi connectivity index (χ3n) is 3.57. The molecule has 0 aliphatic carbocycles. The minimum absolute atomic E-state index is 0.172. The van der Waals surface area contributed by atoms with Gasteiger partial charge in [0.05, 0.1) is 6.26 Å². The van der Waals surface area contributed by atoms with Gasteiger partial charge in [-0.1, -0.05) is 30.3 Å². The topological polar surface area (TPSA) is 107 Å². The van der Waals surface area contributed by atoms with Crippen LogP contribution in [-0.4, -0.2) is 30.8 Å². The van der Waals surface area contributed by atoms with Gasteiger partial charge in [0.25, 0.3) is 11.7 Å². The molecule has 0 unspecified atom stereocenters. The van der Waals surface area contributed by atoms with Gasteiger partial charge in [-0.25, -0.2) is 4.99 Å². The quantitative estimate of drug-likeness (QED) is 0.563. The van der Waals surface area contributed by atoms with Crippen molar-refractivity contribution in [2.24, 2.45) is 4.99 Å². The molecule has 124 valence electrons. The molecule has 0 amide bonds. The zero-order valence-corrected chi connectivity index (χ0v) is 13.3. The van der Waals surface area contributed by atoms with Gasteiger partial charge in [0.15, 0.2) is 5.76 Å². The van der Waals surface area contributed by atoms with Gasteiger partial charge in [-0.05, 0) is 30.5 Å². The molecule has 25 heavy (non-hydrogen) atoms. The standard InChI is InChI=1S/C17H15N7O/c18-15-21-16(19-10-4-8-12-6-2-1-3-7-12)22-17-20-14(23-24(15)17)13-9-5-11-25-13/h1-3,5-7,9-11H,4,8H2,(H2,18,20,21,22,23). The third-order valence-corrected chi connectivity index (χ3v) is 3.57. The predicted octanol–water partition coefficient (Wildman–Crippen LogP) is 2.70. The Morgan fingerprint density at radius 2 is 1.96 bits per heavy atom. The van der Waals surface area contributed by atoms with Gasteiger partial charge in [-0.15, -0.1) is 5.10 Å². The summed E-state index contributed by atoms with van der Waals surface area (Å²) in [7, 11) is 0. The Labute approximate surface area is 143 Å². The number of hydrogen-bond acceptors (Lipinski definition) is 7. The minimum Gasteiger partial charge on any atom is -0.461 e. The maximum absolute atomic E-state index is 5.92. The number of hydrogen-bond donors (Lipinski definition) is 1. The SMILES string of the molecule is Nc1nc(N=CCCc2ccccc2)nc2nc(-c3ccco3)nn12. The van der Waals surface area contributed by atoms with Crippen LogP contribution in [0.5, 0.6) is 0 Å². The van der Waals surface area contributed by atoms with Crippen molar-refractivity contribution >= 4 is 23.9 Å². The smallest absolute Gasteiger partial charge is 0.259 e. The summed E-state index contributed by atoms with van der Waals surface area (Å²) in [6, 6.07) is 13.7. The first-order valence-corrected chi connectivity index (χ1v) is 7.80. The summed E-state index contributed by atoms with van der Waals surface area (Å²) >= 11 is 0. The van der Waals surface area contributed by atoms with Crippen molar-refractivity contribution in [1.82, 2.24) is 24.6 Å². The lowest BCUT2D eigenvalue weighted by molar-refractivity contribution is 0.577. The molecule has 0 bridgehead atoms. The van der Waals surface area contributed by atoms with Crippen molar-refractivity contribution in [3.8, 4) is 11.6 Å². The molecule has 0 fully saturated rings. The Morgan fingerprint density at radius 1 is 1.08 bits per heavy atom. The first-order valence-electron chi connectivity index (χ1n) is 7.80. The van der Waals surface area contributed by atoms with Crippen molar-refractivity contribution in [1.29, 1.82) is 0 Å². The van der Waals surface area contributed by atoms with Crippen molar-refractivity contribution in [2.75, 3.05) is 5.73 Å². The van der Waals surface area contributed by atoms with Crippen molar-refractivity contribution in [3.63, 3.8) is 0 Å². The maximum atomic E-state index is 5.92. The van der Waals surface area contributed by atoms with E-state index in [0.717, 1.165) is 12.8 Å². The largest absolute Gasteiger partial charge is 0.461 e. The van der Waals surface area contributed by atoms with Crippen LogP contribution in [0.1, 0.15) is 12.0 Å². The van der Waals surface area contributed by atoms with Gasteiger partial charge in [-0.3, -0.25) is 0 Å². The lowest BCUT2D eigenvalue weighted by atomic mass is 10.1. The molecule has 8 nitrogen and oxygen atoms in total. The molecular weight excluding hydrogens is 318 g/mol. The molecule has 2 N–H and O–H groups in total. The summed E-state index contributed by atoms with van der Waals surface area (Å²) in [5.41, 5.74) is 7.18. The molecule has 3 heterocycles. The highest BCUT2D eigenvalue weighted by atomic mass is 16.3. The zero-order chi connectivity index (χ0) is 17.1. The monoisotopic (exact) mass is 333 g/mol. The number of rotatable bonds is 5. The van der Waals surface area contributed by atoms with Gasteiger partial charge in [0.1, 0.15) is 0 Å². The first kappa shape index (κ1) is 15.0. The summed E-state index contributed by atoms with van der Waals surface area (Å²) in [5, 5.41) is 4.24. The average molecular weight is 333 g/mol. The Hall–Kier alpha value is -3.55. The number of anilines is 1. The second kappa shape index (κ2) is 6.52. The number of aryl methyl sites for hydroxylation is 1. The van der Waals surface area contributed by atoms with Crippen molar-refractivity contribution in [2.45, 2.75) is 12.8 Å². The van der Waals surface area contributed by atoms with Crippen LogP contribution in [0.25, 0.3) is 17.4 Å². The number of furan rings is 1. The predicted molar refractivity (Wildman–Crippen MR) is 93.6 cm³/mol. The van der Waals surface area contributed by atoms with Crippen LogP contribution >= 0.6 is 0 Å². The Bertz CT molecular complexity index is 1010. The maximum Gasteiger partial charge on any atom is 0.259 e. The number of nitrogens with zero attached hydrogens (tertiary/aromatic N) is 6. The minimum atomic E-state index is 0.172. The highest BCUT2D eigenvalue weighted by Crippen LogP contribution is 2.18. The second-order valence-corrected chi connectivity index (χ2v) is 5.34. The van der Waals surface area contributed by atoms with Crippen LogP contribution in [0.3, 0.4) is 0 Å². The number of nitrogens with two attached hydrogens (primary N) is 1. The first-order chi connectivity index (χ1) is 12.3. The molecular formula is C17H15N7O. The summed E-state index contributed by atoms with van der Waals surface area (Å²) < 4.78 is 6.65. The van der Waals surface area contributed by atoms with Gasteiger partial charge in [0.2, 0.25) is 11.8 Å². The molecule has 8 heteroatoms. The van der Waals surface area contributed by atoms with E-state index in [1.165, 1.54) is 10.1 Å². The molecule has 4 aromatic rings. The van der Waals surface area contributed by atoms with Gasteiger partial charge in [0, 0.05) is 6.21 Å². The Morgan fingerprint density at radius 3 is 2.76 bits per heavy atom. The third kappa shape index (κ3) is 3.23. The van der Waals surface area contributed by atoms with E-state index in [9.17, 15) is 0 Å². The van der Waals surface area contributed by atoms with Crippen LogP contribution in [-0.2, 0) is 6.42 Å². The molecule has 1 aromatic carbocycles. The van der Waals surface area contributed by atoms with E-state index in [4.69, 9.17) is 10.2 Å². The lowest BCUT2D eigenvalue weighted by Gasteiger charge is -1.98. The number of aliphatic imine (C=N–C) groups is 1. The van der Waals surface area contributed by atoms with E-state index >= 15 is 0 Å². The Kier molecular flexibility index (Phi) is 3.91. The molecule has 4 rings (SSSR count). The average Bonchev–Trinajstić information content (AvgIpc) is 3.29. The lowest BCUT2D eigenvalue weighted by Crippen LogP contribution is -2.03. The van der Waals surface area contributed by atoms with Gasteiger partial charge < -0.3 is 10.2 Å². The zero-order valence-electron chi connectivity index (χ0n) is 13.3. The summed E-state index contributed by atoms with van der Waals surface area (Å²) in [6.07, 6.45) is 5.01. The molecule has 0 aliphatic heterocycles. The summed E-state index contributed by atoms with van der Waals surface area (Å²) in [6.45, 7) is 0. The highest BCUT2D eigenvalue weighted by molar-refractivity contribution is 5.62. The van der Waals surface area contributed by atoms with E-state index in [1.807, 2.05) is 18.2 Å². The number of nitrogen functional groups attached to an aromatic ring is 1. The Balaban J connectivity index is 1.53. The summed E-state index contributed by atoms with van der Waals surface area (Å²) in [5.74, 6) is 1.70. The number of fused-ring (bicyclic) bond motifs is 1. The van der Waals surface area contributed by atoms with E-state index in [1.54, 1.807) is 24.6 Å². The van der Waals surface area contributed by atoms with Crippen LogP contribution in [0, 0.1) is 0 Å². The van der Waals surface area contributed by atoms with E-state index in [0.29, 0.717) is 17.4 Å². The van der Waals surface area contributed by atoms with Crippen molar-refractivity contribution < 1.29 is 4.42 Å². The molecule has 0 aliphatic rings. The second-order valence-electron chi connectivity index (χ2n) is 5.34. The fourth-order valence-electron chi connectivity index (χ4n) is 2.38. The molecule has 3 aromatic heterocycles. The molecule has 0 saturated heterocycles.